The number of carbonyl (C=O) groups is 3. The molecule has 1 aliphatic heterocycles. The van der Waals surface area contributed by atoms with Gasteiger partial charge in [-0.15, -0.1) is 0 Å². The molecule has 1 N–H and O–H groups in total. The van der Waals surface area contributed by atoms with Gasteiger partial charge >= 0.3 is 5.91 Å². The predicted octanol–water partition coefficient (Wildman–Crippen LogP) is 6.18. The van der Waals surface area contributed by atoms with Crippen LogP contribution in [0.4, 0.5) is 5.13 Å². The van der Waals surface area contributed by atoms with E-state index in [1.807, 2.05) is 31.2 Å². The van der Waals surface area contributed by atoms with E-state index < -0.39 is 17.7 Å². The molecule has 0 bridgehead atoms. The summed E-state index contributed by atoms with van der Waals surface area (Å²) in [7, 11) is 1.52. The molecule has 9 heteroatoms. The number of carbonyl (C=O) groups excluding carboxylic acids is 3. The summed E-state index contributed by atoms with van der Waals surface area (Å²) >= 11 is 1.04. The molecule has 0 spiro atoms. The van der Waals surface area contributed by atoms with E-state index in [2.05, 4.69) is 4.98 Å². The number of ketones is 2. The van der Waals surface area contributed by atoms with E-state index in [1.165, 1.54) is 18.9 Å². The fourth-order valence-corrected chi connectivity index (χ4v) is 5.76. The van der Waals surface area contributed by atoms with Gasteiger partial charge < -0.3 is 14.6 Å². The average molecular weight is 569 g/mol. The van der Waals surface area contributed by atoms with Gasteiger partial charge in [-0.05, 0) is 66.9 Å². The minimum atomic E-state index is -0.993. The van der Waals surface area contributed by atoms with Gasteiger partial charge in [0.25, 0.3) is 5.78 Å². The van der Waals surface area contributed by atoms with E-state index in [1.54, 1.807) is 55.5 Å². The average Bonchev–Trinajstić information content (AvgIpc) is 3.49. The Balaban J connectivity index is 1.55. The topological polar surface area (TPSA) is 106 Å². The smallest absolute Gasteiger partial charge is 0.301 e. The first-order chi connectivity index (χ1) is 19.7. The number of hydrogen-bond acceptors (Lipinski definition) is 8. The van der Waals surface area contributed by atoms with Gasteiger partial charge in [-0.25, -0.2) is 4.98 Å². The zero-order valence-corrected chi connectivity index (χ0v) is 23.8. The Morgan fingerprint density at radius 1 is 1.00 bits per heavy atom. The lowest BCUT2D eigenvalue weighted by molar-refractivity contribution is -0.132. The van der Waals surface area contributed by atoms with Crippen molar-refractivity contribution in [3.05, 3.63) is 111 Å². The molecule has 1 saturated heterocycles. The maximum Gasteiger partial charge on any atom is 0.301 e. The molecule has 5 rings (SSSR count). The summed E-state index contributed by atoms with van der Waals surface area (Å²) in [6.07, 6.45) is 0. The lowest BCUT2D eigenvalue weighted by Crippen LogP contribution is -2.29. The number of Topliss-reactive ketones (excluding diaryl/α,β-unsaturated/α-hetero) is 2. The van der Waals surface area contributed by atoms with Crippen LogP contribution in [0.25, 0.3) is 5.76 Å². The fraction of sp³-hybridized carbons (Fsp3) is 0.188. The molecule has 2 heterocycles. The number of aromatic nitrogens is 1. The molecule has 1 aromatic heterocycles. The highest BCUT2D eigenvalue weighted by molar-refractivity contribution is 7.18. The Hall–Kier alpha value is -4.76. The van der Waals surface area contributed by atoms with E-state index in [9.17, 15) is 19.5 Å². The van der Waals surface area contributed by atoms with Crippen molar-refractivity contribution in [3.63, 3.8) is 0 Å². The maximum absolute atomic E-state index is 13.5. The van der Waals surface area contributed by atoms with Crippen molar-refractivity contribution in [2.24, 2.45) is 0 Å². The molecule has 1 fully saturated rings. The van der Waals surface area contributed by atoms with Crippen LogP contribution in [0.2, 0.25) is 0 Å². The van der Waals surface area contributed by atoms with Crippen LogP contribution in [0.15, 0.2) is 78.4 Å². The largest absolute Gasteiger partial charge is 0.507 e. The van der Waals surface area contributed by atoms with Crippen LogP contribution >= 0.6 is 11.3 Å². The molecule has 8 nitrogen and oxygen atoms in total. The van der Waals surface area contributed by atoms with Crippen molar-refractivity contribution >= 4 is 39.7 Å². The summed E-state index contributed by atoms with van der Waals surface area (Å²) in [5.41, 5.74) is 3.44. The molecule has 208 valence electrons. The molecule has 1 unspecified atom stereocenters. The number of rotatable bonds is 8. The van der Waals surface area contributed by atoms with Gasteiger partial charge in [0.05, 0.1) is 29.3 Å². The molecule has 1 atom stereocenters. The first-order valence-corrected chi connectivity index (χ1v) is 13.7. The van der Waals surface area contributed by atoms with Crippen LogP contribution in [-0.2, 0) is 16.2 Å². The van der Waals surface area contributed by atoms with E-state index >= 15 is 0 Å². The first-order valence-electron chi connectivity index (χ1n) is 12.9. The van der Waals surface area contributed by atoms with Crippen molar-refractivity contribution in [1.82, 2.24) is 4.98 Å². The van der Waals surface area contributed by atoms with Gasteiger partial charge in [0, 0.05) is 12.5 Å². The summed E-state index contributed by atoms with van der Waals surface area (Å²) < 4.78 is 11.3. The molecule has 1 aliphatic rings. The monoisotopic (exact) mass is 568 g/mol. The molecule has 0 radical (unpaired) electrons. The van der Waals surface area contributed by atoms with Crippen LogP contribution in [0, 0.1) is 13.8 Å². The molecule has 0 aliphatic carbocycles. The predicted molar refractivity (Wildman–Crippen MR) is 157 cm³/mol. The quantitative estimate of drug-likeness (QED) is 0.117. The molecule has 41 heavy (non-hydrogen) atoms. The second-order valence-electron chi connectivity index (χ2n) is 9.65. The standard InChI is InChI=1S/C32H28N2O6S/c1-18-8-5-6-9-23(18)17-40-24-14-12-21(13-15-24)28(36)26-27(22-10-7-11-25(16-22)39-4)34(31(38)29(26)37)32-33-19(2)30(41-32)20(3)35/h5-16,27,36H,17H2,1-4H3/b28-26+. The normalized spacial score (nSPS) is 16.2. The molecular weight excluding hydrogens is 540 g/mol. The van der Waals surface area contributed by atoms with Gasteiger partial charge in [-0.2, -0.15) is 0 Å². The lowest BCUT2D eigenvalue weighted by atomic mass is 9.95. The van der Waals surface area contributed by atoms with Crippen LogP contribution in [0.3, 0.4) is 0 Å². The summed E-state index contributed by atoms with van der Waals surface area (Å²) in [4.78, 5) is 45.1. The third-order valence-electron chi connectivity index (χ3n) is 6.95. The summed E-state index contributed by atoms with van der Waals surface area (Å²) in [6.45, 7) is 5.50. The third kappa shape index (κ3) is 5.36. The first kappa shape index (κ1) is 27.8. The minimum Gasteiger partial charge on any atom is -0.507 e. The molecule has 0 saturated carbocycles. The van der Waals surface area contributed by atoms with Crippen molar-refractivity contribution < 1.29 is 29.0 Å². The number of thiazole rings is 1. The van der Waals surface area contributed by atoms with Gasteiger partial charge in [-0.3, -0.25) is 19.3 Å². The summed E-state index contributed by atoms with van der Waals surface area (Å²) in [6, 6.07) is 20.5. The highest BCUT2D eigenvalue weighted by Gasteiger charge is 2.48. The summed E-state index contributed by atoms with van der Waals surface area (Å²) in [5, 5.41) is 11.6. The number of ether oxygens (including phenoxy) is 2. The lowest BCUT2D eigenvalue weighted by Gasteiger charge is -2.23. The Morgan fingerprint density at radius 2 is 1.73 bits per heavy atom. The van der Waals surface area contributed by atoms with Gasteiger partial charge in [0.15, 0.2) is 10.9 Å². The van der Waals surface area contributed by atoms with E-state index in [4.69, 9.17) is 9.47 Å². The number of aliphatic hydroxyl groups excluding tert-OH is 1. The van der Waals surface area contributed by atoms with Crippen molar-refractivity contribution in [2.75, 3.05) is 12.0 Å². The number of aliphatic hydroxyl groups is 1. The number of aryl methyl sites for hydroxylation is 2. The van der Waals surface area contributed by atoms with E-state index in [0.717, 1.165) is 22.5 Å². The van der Waals surface area contributed by atoms with E-state index in [0.29, 0.717) is 39.8 Å². The summed E-state index contributed by atoms with van der Waals surface area (Å²) in [5.74, 6) is -1.11. The fourth-order valence-electron chi connectivity index (χ4n) is 4.77. The number of amides is 1. The third-order valence-corrected chi connectivity index (χ3v) is 8.21. The van der Waals surface area contributed by atoms with Crippen LogP contribution < -0.4 is 14.4 Å². The van der Waals surface area contributed by atoms with Crippen molar-refractivity contribution in [1.29, 1.82) is 0 Å². The second-order valence-corrected chi connectivity index (χ2v) is 10.6. The highest BCUT2D eigenvalue weighted by Crippen LogP contribution is 2.44. The molecule has 4 aromatic rings. The van der Waals surface area contributed by atoms with Gasteiger partial charge in [-0.1, -0.05) is 47.7 Å². The second kappa shape index (κ2) is 11.4. The van der Waals surface area contributed by atoms with Crippen LogP contribution in [0.5, 0.6) is 11.5 Å². The van der Waals surface area contributed by atoms with Crippen LogP contribution in [0.1, 0.15) is 50.6 Å². The number of nitrogens with zero attached hydrogens (tertiary/aromatic N) is 2. The van der Waals surface area contributed by atoms with E-state index in [-0.39, 0.29) is 22.2 Å². The number of anilines is 1. The Kier molecular flexibility index (Phi) is 7.72. The number of methoxy groups -OCH3 is 1. The zero-order chi connectivity index (χ0) is 29.3. The molecular formula is C32H28N2O6S. The maximum atomic E-state index is 13.5. The number of benzene rings is 3. The van der Waals surface area contributed by atoms with Crippen LogP contribution in [-0.4, -0.2) is 34.7 Å². The molecule has 3 aromatic carbocycles. The zero-order valence-electron chi connectivity index (χ0n) is 23.0. The van der Waals surface area contributed by atoms with Crippen molar-refractivity contribution in [2.45, 2.75) is 33.4 Å². The highest BCUT2D eigenvalue weighted by atomic mass is 32.1. The minimum absolute atomic E-state index is 0.0888. The van der Waals surface area contributed by atoms with Gasteiger partial charge in [0.2, 0.25) is 0 Å². The number of hydrogen-bond donors (Lipinski definition) is 1. The molecule has 1 amide bonds. The van der Waals surface area contributed by atoms with Gasteiger partial charge in [0.1, 0.15) is 23.9 Å². The SMILES string of the molecule is COc1cccc(C2/C(=C(\O)c3ccc(OCc4ccccc4C)cc3)C(=O)C(=O)N2c2nc(C)c(C(C)=O)s2)c1. The Labute approximate surface area is 241 Å². The Morgan fingerprint density at radius 3 is 2.39 bits per heavy atom. The van der Waals surface area contributed by atoms with Crippen molar-refractivity contribution in [3.8, 4) is 11.5 Å². The Bertz CT molecular complexity index is 1690.